The van der Waals surface area contributed by atoms with Crippen LogP contribution >= 0.6 is 0 Å². The van der Waals surface area contributed by atoms with E-state index >= 15 is 0 Å². The van der Waals surface area contributed by atoms with Gasteiger partial charge in [-0.05, 0) is 26.0 Å². The Morgan fingerprint density at radius 1 is 1.47 bits per heavy atom. The highest BCUT2D eigenvalue weighted by Gasteiger charge is 2.34. The number of hydrogen-bond acceptors (Lipinski definition) is 4. The molecule has 0 fully saturated rings. The Bertz CT molecular complexity index is 336. The number of methoxy groups -OCH3 is 1. The van der Waals surface area contributed by atoms with E-state index < -0.39 is 5.54 Å². The zero-order valence-electron chi connectivity index (χ0n) is 9.52. The van der Waals surface area contributed by atoms with Crippen LogP contribution in [0.2, 0.25) is 0 Å². The van der Waals surface area contributed by atoms with Gasteiger partial charge in [0.15, 0.2) is 0 Å². The van der Waals surface area contributed by atoms with Crippen LogP contribution in [0.1, 0.15) is 13.8 Å². The molecule has 1 heterocycles. The van der Waals surface area contributed by atoms with Crippen molar-refractivity contribution in [1.82, 2.24) is 4.98 Å². The number of esters is 1. The first-order chi connectivity index (χ1) is 7.00. The summed E-state index contributed by atoms with van der Waals surface area (Å²) < 4.78 is 4.75. The summed E-state index contributed by atoms with van der Waals surface area (Å²) in [4.78, 5) is 17.5. The number of carbonyl (C=O) groups excluding carboxylic acids is 1. The Kier molecular flexibility index (Phi) is 3.29. The first kappa shape index (κ1) is 11.5. The normalized spacial score (nSPS) is 10.9. The van der Waals surface area contributed by atoms with E-state index in [9.17, 15) is 4.79 Å². The topological polar surface area (TPSA) is 42.4 Å². The Morgan fingerprint density at radius 2 is 2.13 bits per heavy atom. The molecule has 0 spiro atoms. The van der Waals surface area contributed by atoms with Gasteiger partial charge in [-0.1, -0.05) is 6.07 Å². The van der Waals surface area contributed by atoms with Crippen LogP contribution in [-0.2, 0) is 9.53 Å². The summed E-state index contributed by atoms with van der Waals surface area (Å²) in [6.45, 7) is 3.60. The average molecular weight is 208 g/mol. The van der Waals surface area contributed by atoms with Crippen LogP contribution in [0.4, 0.5) is 5.82 Å². The van der Waals surface area contributed by atoms with Crippen molar-refractivity contribution in [2.45, 2.75) is 19.4 Å². The molecule has 4 heteroatoms. The minimum absolute atomic E-state index is 0.282. The molecule has 0 amide bonds. The van der Waals surface area contributed by atoms with Gasteiger partial charge in [0.1, 0.15) is 11.4 Å². The highest BCUT2D eigenvalue weighted by atomic mass is 16.5. The third-order valence-electron chi connectivity index (χ3n) is 2.52. The number of anilines is 1. The van der Waals surface area contributed by atoms with Gasteiger partial charge < -0.3 is 9.64 Å². The van der Waals surface area contributed by atoms with Gasteiger partial charge in [-0.2, -0.15) is 0 Å². The molecule has 82 valence electrons. The van der Waals surface area contributed by atoms with E-state index in [0.717, 1.165) is 5.82 Å². The van der Waals surface area contributed by atoms with Gasteiger partial charge in [-0.3, -0.25) is 0 Å². The molecule has 0 radical (unpaired) electrons. The van der Waals surface area contributed by atoms with Crippen molar-refractivity contribution in [2.24, 2.45) is 0 Å². The minimum Gasteiger partial charge on any atom is -0.467 e. The van der Waals surface area contributed by atoms with Crippen LogP contribution in [0.15, 0.2) is 24.4 Å². The van der Waals surface area contributed by atoms with Crippen LogP contribution in [-0.4, -0.2) is 30.6 Å². The fourth-order valence-electron chi connectivity index (χ4n) is 1.23. The van der Waals surface area contributed by atoms with Crippen molar-refractivity contribution < 1.29 is 9.53 Å². The van der Waals surface area contributed by atoms with Gasteiger partial charge in [0.05, 0.1) is 7.11 Å². The van der Waals surface area contributed by atoms with Gasteiger partial charge in [0.2, 0.25) is 0 Å². The smallest absolute Gasteiger partial charge is 0.331 e. The van der Waals surface area contributed by atoms with Crippen molar-refractivity contribution in [3.8, 4) is 0 Å². The van der Waals surface area contributed by atoms with E-state index in [1.807, 2.05) is 25.2 Å². The lowest BCUT2D eigenvalue weighted by Gasteiger charge is -2.33. The molecule has 0 atom stereocenters. The lowest BCUT2D eigenvalue weighted by atomic mass is 10.0. The molecule has 0 aliphatic rings. The summed E-state index contributed by atoms with van der Waals surface area (Å²) in [6, 6.07) is 5.57. The van der Waals surface area contributed by atoms with Crippen molar-refractivity contribution >= 4 is 11.8 Å². The minimum atomic E-state index is -0.719. The first-order valence-corrected chi connectivity index (χ1v) is 4.73. The highest BCUT2D eigenvalue weighted by molar-refractivity contribution is 5.83. The van der Waals surface area contributed by atoms with Crippen molar-refractivity contribution in [1.29, 1.82) is 0 Å². The number of likely N-dealkylation sites (N-methyl/N-ethyl adjacent to an activating group) is 1. The summed E-state index contributed by atoms with van der Waals surface area (Å²) in [5.74, 6) is 0.462. The number of rotatable bonds is 3. The molecule has 0 aliphatic carbocycles. The van der Waals surface area contributed by atoms with Gasteiger partial charge in [-0.25, -0.2) is 9.78 Å². The van der Waals surface area contributed by atoms with Crippen molar-refractivity contribution in [3.05, 3.63) is 24.4 Å². The lowest BCUT2D eigenvalue weighted by molar-refractivity contribution is -0.145. The van der Waals surface area contributed by atoms with Gasteiger partial charge in [-0.15, -0.1) is 0 Å². The largest absolute Gasteiger partial charge is 0.467 e. The number of aromatic nitrogens is 1. The molecule has 4 nitrogen and oxygen atoms in total. The van der Waals surface area contributed by atoms with E-state index in [2.05, 4.69) is 4.98 Å². The summed E-state index contributed by atoms with van der Waals surface area (Å²) in [5.41, 5.74) is -0.719. The van der Waals surface area contributed by atoms with E-state index in [1.165, 1.54) is 7.11 Å². The Morgan fingerprint density at radius 3 is 2.60 bits per heavy atom. The van der Waals surface area contributed by atoms with Crippen LogP contribution in [0, 0.1) is 0 Å². The zero-order valence-corrected chi connectivity index (χ0v) is 9.52. The standard InChI is InChI=1S/C11H16N2O2/c1-11(2,10(14)15-4)13(3)9-7-5-6-8-12-9/h5-8H,1-4H3. The Balaban J connectivity index is 2.94. The molecule has 0 aromatic carbocycles. The summed E-state index contributed by atoms with van der Waals surface area (Å²) >= 11 is 0. The van der Waals surface area contributed by atoms with Crippen LogP contribution in [0.5, 0.6) is 0 Å². The number of carbonyl (C=O) groups is 1. The fourth-order valence-corrected chi connectivity index (χ4v) is 1.23. The number of pyridine rings is 1. The summed E-state index contributed by atoms with van der Waals surface area (Å²) in [7, 11) is 3.20. The summed E-state index contributed by atoms with van der Waals surface area (Å²) in [5, 5.41) is 0. The van der Waals surface area contributed by atoms with Gasteiger partial charge >= 0.3 is 5.97 Å². The maximum Gasteiger partial charge on any atom is 0.331 e. The molecule has 1 aromatic rings. The Labute approximate surface area is 89.9 Å². The third kappa shape index (κ3) is 2.26. The molecule has 0 N–H and O–H groups in total. The molecule has 0 saturated heterocycles. The van der Waals surface area contributed by atoms with Crippen LogP contribution in [0.3, 0.4) is 0 Å². The molecule has 1 aromatic heterocycles. The summed E-state index contributed by atoms with van der Waals surface area (Å²) in [6.07, 6.45) is 1.69. The van der Waals surface area contributed by atoms with Crippen molar-refractivity contribution in [2.75, 3.05) is 19.1 Å². The second-order valence-corrected chi connectivity index (χ2v) is 3.80. The van der Waals surface area contributed by atoms with Crippen molar-refractivity contribution in [3.63, 3.8) is 0 Å². The lowest BCUT2D eigenvalue weighted by Crippen LogP contribution is -2.49. The first-order valence-electron chi connectivity index (χ1n) is 4.73. The zero-order chi connectivity index (χ0) is 11.5. The van der Waals surface area contributed by atoms with Crippen LogP contribution in [0.25, 0.3) is 0 Å². The molecule has 0 unspecified atom stereocenters. The molecule has 1 rings (SSSR count). The second kappa shape index (κ2) is 4.29. The Hall–Kier alpha value is -1.58. The molecular weight excluding hydrogens is 192 g/mol. The molecular formula is C11H16N2O2. The fraction of sp³-hybridized carbons (Fsp3) is 0.455. The molecule has 15 heavy (non-hydrogen) atoms. The highest BCUT2D eigenvalue weighted by Crippen LogP contribution is 2.20. The van der Waals surface area contributed by atoms with Crippen LogP contribution < -0.4 is 4.90 Å². The predicted octanol–water partition coefficient (Wildman–Crippen LogP) is 1.47. The number of nitrogens with zero attached hydrogens (tertiary/aromatic N) is 2. The number of ether oxygens (including phenoxy) is 1. The molecule has 0 saturated carbocycles. The maximum absolute atomic E-state index is 11.6. The van der Waals surface area contributed by atoms with E-state index in [4.69, 9.17) is 4.74 Å². The second-order valence-electron chi connectivity index (χ2n) is 3.80. The van der Waals surface area contributed by atoms with Gasteiger partial charge in [0.25, 0.3) is 0 Å². The number of hydrogen-bond donors (Lipinski definition) is 0. The van der Waals surface area contributed by atoms with E-state index in [0.29, 0.717) is 0 Å². The third-order valence-corrected chi connectivity index (χ3v) is 2.52. The SMILES string of the molecule is COC(=O)C(C)(C)N(C)c1ccccn1. The quantitative estimate of drug-likeness (QED) is 0.705. The maximum atomic E-state index is 11.6. The predicted molar refractivity (Wildman–Crippen MR) is 58.7 cm³/mol. The molecule has 0 aliphatic heterocycles. The van der Waals surface area contributed by atoms with E-state index in [1.54, 1.807) is 24.9 Å². The monoisotopic (exact) mass is 208 g/mol. The van der Waals surface area contributed by atoms with Gasteiger partial charge in [0, 0.05) is 13.2 Å². The van der Waals surface area contributed by atoms with E-state index in [-0.39, 0.29) is 5.97 Å². The molecule has 0 bridgehead atoms. The average Bonchev–Trinajstić information content (AvgIpc) is 2.28.